The van der Waals surface area contributed by atoms with E-state index in [1.165, 1.54) is 28.0 Å². The van der Waals surface area contributed by atoms with Crippen LogP contribution in [-0.4, -0.2) is 50.7 Å². The van der Waals surface area contributed by atoms with Crippen molar-refractivity contribution in [1.29, 1.82) is 0 Å². The number of H-pyrrole nitrogens is 1. The molecule has 0 saturated carbocycles. The average Bonchev–Trinajstić information content (AvgIpc) is 3.54. The first-order valence-electron chi connectivity index (χ1n) is 11.1. The van der Waals surface area contributed by atoms with Crippen LogP contribution in [0.1, 0.15) is 44.2 Å². The minimum absolute atomic E-state index is 0.134. The van der Waals surface area contributed by atoms with Crippen molar-refractivity contribution in [2.24, 2.45) is 0 Å². The van der Waals surface area contributed by atoms with E-state index in [-0.39, 0.29) is 22.3 Å². The predicted molar refractivity (Wildman–Crippen MR) is 130 cm³/mol. The zero-order valence-electron chi connectivity index (χ0n) is 19.2. The maximum atomic E-state index is 15.9. The summed E-state index contributed by atoms with van der Waals surface area (Å²) in [7, 11) is -3.59. The Morgan fingerprint density at radius 3 is 2.62 bits per heavy atom. The number of nitrogens with zero attached hydrogens (tertiary/aromatic N) is 5. The Balaban J connectivity index is 1.65. The molecule has 4 heterocycles. The van der Waals surface area contributed by atoms with E-state index in [9.17, 15) is 8.42 Å². The summed E-state index contributed by atoms with van der Waals surface area (Å²) in [5.74, 6) is -0.955. The smallest absolute Gasteiger partial charge is 0.218 e. The fourth-order valence-corrected chi connectivity index (χ4v) is 6.80. The van der Waals surface area contributed by atoms with Gasteiger partial charge in [-0.1, -0.05) is 32.9 Å². The second-order valence-corrected chi connectivity index (χ2v) is 12.4. The van der Waals surface area contributed by atoms with Gasteiger partial charge in [0.15, 0.2) is 5.65 Å². The standard InChI is InChI=1S/C23H25FN6O2S2/c1-23(2,3)22-29-17(20(33-22)18-19-21(27-12-25-18)28-13-26-19)15-8-6-7-14(16(15)24)11-34(31,32)30-9-4-5-10-30/h6-8,12-13H,4-5,9-11H2,1-3H3,(H,25,26,27,28). The molecule has 178 valence electrons. The highest BCUT2D eigenvalue weighted by Crippen LogP contribution is 2.42. The largest absolute Gasteiger partial charge is 0.341 e. The molecule has 0 radical (unpaired) electrons. The van der Waals surface area contributed by atoms with Crippen molar-refractivity contribution in [2.75, 3.05) is 13.1 Å². The minimum atomic E-state index is -3.59. The summed E-state index contributed by atoms with van der Waals surface area (Å²) >= 11 is 1.44. The summed E-state index contributed by atoms with van der Waals surface area (Å²) in [6.45, 7) is 7.10. The number of imidazole rings is 1. The zero-order valence-corrected chi connectivity index (χ0v) is 20.8. The third-order valence-electron chi connectivity index (χ3n) is 5.84. The van der Waals surface area contributed by atoms with Crippen molar-refractivity contribution in [3.05, 3.63) is 47.2 Å². The lowest BCUT2D eigenvalue weighted by Crippen LogP contribution is -2.29. The van der Waals surface area contributed by atoms with Crippen molar-refractivity contribution in [1.82, 2.24) is 29.2 Å². The van der Waals surface area contributed by atoms with Gasteiger partial charge >= 0.3 is 0 Å². The van der Waals surface area contributed by atoms with E-state index in [4.69, 9.17) is 4.98 Å². The maximum absolute atomic E-state index is 15.9. The Bertz CT molecular complexity index is 1470. The van der Waals surface area contributed by atoms with Gasteiger partial charge in [0.05, 0.1) is 27.7 Å². The molecule has 0 spiro atoms. The van der Waals surface area contributed by atoms with Crippen molar-refractivity contribution in [3.8, 4) is 21.8 Å². The lowest BCUT2D eigenvalue weighted by Gasteiger charge is -2.16. The van der Waals surface area contributed by atoms with Crippen LogP contribution in [0.5, 0.6) is 0 Å². The van der Waals surface area contributed by atoms with Gasteiger partial charge in [-0.15, -0.1) is 11.3 Å². The van der Waals surface area contributed by atoms with Crippen LogP contribution in [0.25, 0.3) is 33.0 Å². The molecule has 0 aliphatic carbocycles. The molecule has 1 saturated heterocycles. The molecule has 0 amide bonds. The lowest BCUT2D eigenvalue weighted by molar-refractivity contribution is 0.475. The number of aromatic nitrogens is 5. The van der Waals surface area contributed by atoms with Crippen LogP contribution in [0.3, 0.4) is 0 Å². The monoisotopic (exact) mass is 500 g/mol. The molecule has 1 aromatic carbocycles. The number of nitrogens with one attached hydrogen (secondary N) is 1. The number of rotatable bonds is 5. The summed E-state index contributed by atoms with van der Waals surface area (Å²) in [5, 5.41) is 0.818. The minimum Gasteiger partial charge on any atom is -0.341 e. The van der Waals surface area contributed by atoms with Crippen LogP contribution in [0.2, 0.25) is 0 Å². The first kappa shape index (κ1) is 23.0. The number of hydrogen-bond donors (Lipinski definition) is 1. The van der Waals surface area contributed by atoms with Gasteiger partial charge in [0.2, 0.25) is 10.0 Å². The van der Waals surface area contributed by atoms with E-state index in [1.54, 1.807) is 18.5 Å². The van der Waals surface area contributed by atoms with Crippen molar-refractivity contribution in [3.63, 3.8) is 0 Å². The van der Waals surface area contributed by atoms with E-state index in [1.807, 2.05) is 20.8 Å². The summed E-state index contributed by atoms with van der Waals surface area (Å²) in [4.78, 5) is 21.4. The van der Waals surface area contributed by atoms with E-state index in [0.717, 1.165) is 17.8 Å². The second-order valence-electron chi connectivity index (χ2n) is 9.41. The van der Waals surface area contributed by atoms with Crippen LogP contribution in [0, 0.1) is 5.82 Å². The Hall–Kier alpha value is -2.76. The summed E-state index contributed by atoms with van der Waals surface area (Å²) in [5.41, 5.74) is 2.28. The van der Waals surface area contributed by atoms with Gasteiger partial charge in [-0.3, -0.25) is 0 Å². The summed E-state index contributed by atoms with van der Waals surface area (Å²) in [6, 6.07) is 4.84. The number of thiazole rings is 1. The first-order valence-corrected chi connectivity index (χ1v) is 13.5. The highest BCUT2D eigenvalue weighted by atomic mass is 32.2. The fraction of sp³-hybridized carbons (Fsp3) is 0.391. The molecule has 0 bridgehead atoms. The molecule has 3 aromatic heterocycles. The Labute approximate surface area is 201 Å². The molecule has 0 unspecified atom stereocenters. The van der Waals surface area contributed by atoms with Crippen LogP contribution < -0.4 is 0 Å². The number of halogens is 1. The molecule has 1 aliphatic rings. The number of sulfonamides is 1. The molecule has 1 fully saturated rings. The third-order valence-corrected chi connectivity index (χ3v) is 9.15. The van der Waals surface area contributed by atoms with Gasteiger partial charge in [0, 0.05) is 29.6 Å². The van der Waals surface area contributed by atoms with E-state index < -0.39 is 15.8 Å². The summed E-state index contributed by atoms with van der Waals surface area (Å²) < 4.78 is 43.0. The maximum Gasteiger partial charge on any atom is 0.218 e. The number of aromatic amines is 1. The molecule has 1 N–H and O–H groups in total. The van der Waals surface area contributed by atoms with Crippen LogP contribution in [0.4, 0.5) is 4.39 Å². The highest BCUT2D eigenvalue weighted by Gasteiger charge is 2.30. The van der Waals surface area contributed by atoms with Crippen LogP contribution in [0.15, 0.2) is 30.9 Å². The topological polar surface area (TPSA) is 105 Å². The van der Waals surface area contributed by atoms with Gasteiger partial charge in [-0.05, 0) is 18.9 Å². The first-order chi connectivity index (χ1) is 16.1. The third kappa shape index (κ3) is 4.12. The Morgan fingerprint density at radius 2 is 1.88 bits per heavy atom. The van der Waals surface area contributed by atoms with Crippen molar-refractivity contribution in [2.45, 2.75) is 44.8 Å². The number of hydrogen-bond acceptors (Lipinski definition) is 7. The molecule has 4 aromatic rings. The van der Waals surface area contributed by atoms with Crippen LogP contribution in [-0.2, 0) is 21.2 Å². The van der Waals surface area contributed by atoms with Gasteiger partial charge in [-0.2, -0.15) is 0 Å². The molecule has 0 atom stereocenters. The molecule has 11 heteroatoms. The predicted octanol–water partition coefficient (Wildman–Crippen LogP) is 4.51. The summed E-state index contributed by atoms with van der Waals surface area (Å²) in [6.07, 6.45) is 4.63. The Kier molecular flexibility index (Phi) is 5.73. The molecular formula is C23H25FN6O2S2. The molecule has 34 heavy (non-hydrogen) atoms. The number of benzene rings is 1. The zero-order chi connectivity index (χ0) is 24.1. The van der Waals surface area contributed by atoms with Crippen molar-refractivity contribution < 1.29 is 12.8 Å². The quantitative estimate of drug-likeness (QED) is 0.432. The van der Waals surface area contributed by atoms with Gasteiger partial charge in [-0.25, -0.2) is 37.0 Å². The molecular weight excluding hydrogens is 475 g/mol. The normalized spacial score (nSPS) is 15.4. The van der Waals surface area contributed by atoms with Crippen molar-refractivity contribution >= 4 is 32.5 Å². The lowest BCUT2D eigenvalue weighted by atomic mass is 9.98. The van der Waals surface area contributed by atoms with Gasteiger partial charge in [0.1, 0.15) is 23.4 Å². The molecule has 1 aliphatic heterocycles. The second kappa shape index (κ2) is 8.47. The fourth-order valence-electron chi connectivity index (χ4n) is 4.05. The van der Waals surface area contributed by atoms with E-state index >= 15 is 4.39 Å². The van der Waals surface area contributed by atoms with Crippen LogP contribution >= 0.6 is 11.3 Å². The van der Waals surface area contributed by atoms with Gasteiger partial charge in [0.25, 0.3) is 0 Å². The molecule has 8 nitrogen and oxygen atoms in total. The van der Waals surface area contributed by atoms with Gasteiger partial charge < -0.3 is 4.98 Å². The SMILES string of the molecule is CC(C)(C)c1nc(-c2cccc(CS(=O)(=O)N3CCCC3)c2F)c(-c2ncnc3nc[nH]c23)s1. The Morgan fingerprint density at radius 1 is 1.12 bits per heavy atom. The molecule has 5 rings (SSSR count). The number of fused-ring (bicyclic) bond motifs is 1. The van der Waals surface area contributed by atoms with E-state index in [0.29, 0.717) is 40.5 Å². The van der Waals surface area contributed by atoms with E-state index in [2.05, 4.69) is 19.9 Å². The highest BCUT2D eigenvalue weighted by molar-refractivity contribution is 7.88. The average molecular weight is 501 g/mol.